The van der Waals surface area contributed by atoms with Crippen LogP contribution < -0.4 is 10.6 Å². The van der Waals surface area contributed by atoms with Gasteiger partial charge in [0.05, 0.1) is 30.1 Å². The van der Waals surface area contributed by atoms with E-state index in [1.165, 1.54) is 12.1 Å². The Hall–Kier alpha value is -3.49. The molecule has 224 valence electrons. The van der Waals surface area contributed by atoms with Crippen molar-refractivity contribution >= 4 is 18.9 Å². The van der Waals surface area contributed by atoms with Crippen LogP contribution >= 0.6 is 0 Å². The molecule has 4 aliphatic rings. The number of nitrogens with one attached hydrogen (secondary N) is 2. The first-order valence-corrected chi connectivity index (χ1v) is 15.3. The summed E-state index contributed by atoms with van der Waals surface area (Å²) in [4.78, 5) is 26.8. The summed E-state index contributed by atoms with van der Waals surface area (Å²) in [6, 6.07) is 22.3. The fraction of sp³-hybridized carbons (Fsp3) is 0.429. The topological polar surface area (TPSA) is 76.7 Å². The van der Waals surface area contributed by atoms with Gasteiger partial charge in [-0.3, -0.25) is 9.59 Å². The van der Waals surface area contributed by atoms with E-state index in [9.17, 15) is 14.0 Å². The van der Waals surface area contributed by atoms with Gasteiger partial charge < -0.3 is 19.9 Å². The fourth-order valence-corrected chi connectivity index (χ4v) is 7.64. The van der Waals surface area contributed by atoms with Gasteiger partial charge in [0, 0.05) is 5.56 Å². The summed E-state index contributed by atoms with van der Waals surface area (Å²) < 4.78 is 27.6. The molecule has 3 aromatic carbocycles. The minimum Gasteiger partial charge on any atom is -0.404 e. The number of amides is 2. The molecule has 6 atom stereocenters. The van der Waals surface area contributed by atoms with Gasteiger partial charge in [0.1, 0.15) is 5.82 Å². The highest BCUT2D eigenvalue weighted by Gasteiger charge is 2.68. The van der Waals surface area contributed by atoms with Crippen molar-refractivity contribution in [1.82, 2.24) is 10.6 Å². The predicted molar refractivity (Wildman–Crippen MR) is 165 cm³/mol. The normalized spacial score (nSPS) is 26.5. The summed E-state index contributed by atoms with van der Waals surface area (Å²) in [7, 11) is -0.610. The van der Waals surface area contributed by atoms with Crippen LogP contribution in [0.25, 0.3) is 0 Å². The molecule has 3 aromatic rings. The lowest BCUT2D eigenvalue weighted by Crippen LogP contribution is -2.65. The molecule has 2 amide bonds. The molecule has 0 radical (unpaired) electrons. The Morgan fingerprint density at radius 3 is 2.47 bits per heavy atom. The van der Waals surface area contributed by atoms with Gasteiger partial charge in [0.2, 0.25) is 5.91 Å². The molecule has 0 aromatic heterocycles. The maximum atomic E-state index is 14.2. The zero-order chi connectivity index (χ0) is 30.4. The third kappa shape index (κ3) is 5.87. The number of hydrogen-bond acceptors (Lipinski definition) is 4. The van der Waals surface area contributed by atoms with Crippen molar-refractivity contribution < 1.29 is 23.3 Å². The molecule has 1 saturated heterocycles. The Bertz CT molecular complexity index is 1500. The molecular weight excluding hydrogens is 542 g/mol. The van der Waals surface area contributed by atoms with E-state index in [-0.39, 0.29) is 29.8 Å². The fourth-order valence-electron chi connectivity index (χ4n) is 7.64. The molecule has 2 bridgehead atoms. The Kier molecular flexibility index (Phi) is 7.94. The van der Waals surface area contributed by atoms with Crippen molar-refractivity contribution in [3.8, 4) is 0 Å². The first kappa shape index (κ1) is 29.6. The Balaban J connectivity index is 1.23. The molecule has 4 fully saturated rings. The number of halogens is 1. The number of carbonyl (C=O) groups excluding carboxylic acids is 2. The molecule has 3 saturated carbocycles. The summed E-state index contributed by atoms with van der Waals surface area (Å²) in [5, 5.41) is 6.14. The lowest BCUT2D eigenvalue weighted by atomic mass is 9.43. The molecular formula is C35H40BFN2O4. The molecule has 43 heavy (non-hydrogen) atoms. The third-order valence-electron chi connectivity index (χ3n) is 10.2. The number of aryl methyl sites for hydroxylation is 1. The van der Waals surface area contributed by atoms with Crippen LogP contribution in [0.2, 0.25) is 0 Å². The van der Waals surface area contributed by atoms with Gasteiger partial charge in [-0.2, -0.15) is 0 Å². The van der Waals surface area contributed by atoms with E-state index in [4.69, 9.17) is 9.31 Å². The molecule has 8 heteroatoms. The van der Waals surface area contributed by atoms with Gasteiger partial charge in [-0.25, -0.2) is 4.39 Å². The summed E-state index contributed by atoms with van der Waals surface area (Å²) in [6.07, 6.45) is 2.53. The van der Waals surface area contributed by atoms with Crippen molar-refractivity contribution in [3.63, 3.8) is 0 Å². The Labute approximate surface area is 253 Å². The molecule has 3 aliphatic carbocycles. The smallest absolute Gasteiger partial charge is 0.404 e. The summed E-state index contributed by atoms with van der Waals surface area (Å²) in [5.74, 6) is -0.482. The van der Waals surface area contributed by atoms with Crippen molar-refractivity contribution in [1.29, 1.82) is 0 Å². The van der Waals surface area contributed by atoms with Gasteiger partial charge in [0.25, 0.3) is 5.91 Å². The van der Waals surface area contributed by atoms with Crippen LogP contribution in [0.4, 0.5) is 4.39 Å². The Morgan fingerprint density at radius 1 is 0.977 bits per heavy atom. The van der Waals surface area contributed by atoms with E-state index in [1.54, 1.807) is 36.4 Å². The second kappa shape index (κ2) is 11.5. The SMILES string of the molecule is Cc1cccc(C[C@H](NC(=O)CC(NC(=O)c2ccccc2)c2cccc(F)c2)B2O[C@@H]3C[C@@H]4C[C@@H](C4(C)C)[C@]3(C)O2)c1. The Morgan fingerprint density at radius 2 is 1.74 bits per heavy atom. The summed E-state index contributed by atoms with van der Waals surface area (Å²) >= 11 is 0. The van der Waals surface area contributed by atoms with Crippen LogP contribution in [0, 0.1) is 30.0 Å². The zero-order valence-electron chi connectivity index (χ0n) is 25.3. The molecule has 1 aliphatic heterocycles. The van der Waals surface area contributed by atoms with Crippen LogP contribution in [-0.4, -0.2) is 36.6 Å². The first-order valence-electron chi connectivity index (χ1n) is 15.3. The number of hydrogen-bond donors (Lipinski definition) is 2. The average molecular weight is 583 g/mol. The number of rotatable bonds is 9. The highest BCUT2D eigenvalue weighted by Crippen LogP contribution is 2.65. The second-order valence-corrected chi connectivity index (χ2v) is 13.4. The van der Waals surface area contributed by atoms with Gasteiger partial charge in [0.15, 0.2) is 0 Å². The molecule has 1 heterocycles. The van der Waals surface area contributed by atoms with E-state index in [0.29, 0.717) is 29.4 Å². The van der Waals surface area contributed by atoms with Crippen LogP contribution in [0.1, 0.15) is 73.1 Å². The zero-order valence-corrected chi connectivity index (χ0v) is 25.3. The van der Waals surface area contributed by atoms with E-state index in [0.717, 1.165) is 24.0 Å². The minimum atomic E-state index is -0.735. The highest BCUT2D eigenvalue weighted by atomic mass is 19.1. The van der Waals surface area contributed by atoms with Crippen molar-refractivity contribution in [3.05, 3.63) is 107 Å². The molecule has 0 spiro atoms. The van der Waals surface area contributed by atoms with E-state index in [2.05, 4.69) is 37.5 Å². The molecule has 2 N–H and O–H groups in total. The van der Waals surface area contributed by atoms with Crippen LogP contribution in [0.15, 0.2) is 78.9 Å². The minimum absolute atomic E-state index is 0.0172. The number of carbonyl (C=O) groups is 2. The van der Waals surface area contributed by atoms with Gasteiger partial charge in [-0.1, -0.05) is 74.0 Å². The second-order valence-electron chi connectivity index (χ2n) is 13.4. The predicted octanol–water partition coefficient (Wildman–Crippen LogP) is 5.99. The van der Waals surface area contributed by atoms with E-state index < -0.39 is 30.5 Å². The molecule has 6 nitrogen and oxygen atoms in total. The third-order valence-corrected chi connectivity index (χ3v) is 10.2. The average Bonchev–Trinajstić information content (AvgIpc) is 3.34. The monoisotopic (exact) mass is 582 g/mol. The first-order chi connectivity index (χ1) is 20.5. The van der Waals surface area contributed by atoms with Gasteiger partial charge >= 0.3 is 7.12 Å². The van der Waals surface area contributed by atoms with Crippen molar-refractivity contribution in [2.45, 2.75) is 77.1 Å². The van der Waals surface area contributed by atoms with E-state index >= 15 is 0 Å². The van der Waals surface area contributed by atoms with Crippen molar-refractivity contribution in [2.24, 2.45) is 17.3 Å². The van der Waals surface area contributed by atoms with Gasteiger partial charge in [-0.05, 0) is 85.8 Å². The van der Waals surface area contributed by atoms with Gasteiger partial charge in [-0.15, -0.1) is 0 Å². The largest absolute Gasteiger partial charge is 0.482 e. The maximum absolute atomic E-state index is 14.2. The lowest BCUT2D eigenvalue weighted by Gasteiger charge is -2.64. The van der Waals surface area contributed by atoms with Crippen LogP contribution in [0.3, 0.4) is 0 Å². The van der Waals surface area contributed by atoms with Crippen LogP contribution in [-0.2, 0) is 20.5 Å². The van der Waals surface area contributed by atoms with Crippen LogP contribution in [0.5, 0.6) is 0 Å². The molecule has 1 unspecified atom stereocenters. The highest BCUT2D eigenvalue weighted by molar-refractivity contribution is 6.48. The maximum Gasteiger partial charge on any atom is 0.482 e. The lowest BCUT2D eigenvalue weighted by molar-refractivity contribution is -0.199. The summed E-state index contributed by atoms with van der Waals surface area (Å²) in [6.45, 7) is 8.87. The molecule has 7 rings (SSSR count). The quantitative estimate of drug-likeness (QED) is 0.304. The number of benzene rings is 3. The van der Waals surface area contributed by atoms with Crippen molar-refractivity contribution in [2.75, 3.05) is 0 Å². The van der Waals surface area contributed by atoms with E-state index in [1.807, 2.05) is 31.2 Å². The summed E-state index contributed by atoms with van der Waals surface area (Å²) in [5.41, 5.74) is 2.98. The standard InChI is InChI=1S/C35H40BFN2O4/c1-22-10-8-11-23(16-22)17-31(36-42-30-20-26-19-29(34(26,2)3)35(30,4)43-36)39-32(40)21-28(25-14-9-15-27(37)18-25)38-33(41)24-12-6-5-7-13-24/h5-16,18,26,28-31H,17,19-21H2,1-4H3,(H,38,41)(H,39,40)/t26-,28?,29-,30+,31-,35-/m0/s1.